The lowest BCUT2D eigenvalue weighted by Gasteiger charge is -2.39. The van der Waals surface area contributed by atoms with Crippen molar-refractivity contribution in [3.63, 3.8) is 0 Å². The van der Waals surface area contributed by atoms with Gasteiger partial charge in [0.25, 0.3) is 5.56 Å². The van der Waals surface area contributed by atoms with Crippen molar-refractivity contribution in [2.24, 2.45) is 5.41 Å². The predicted molar refractivity (Wildman–Crippen MR) is 111 cm³/mol. The van der Waals surface area contributed by atoms with Crippen LogP contribution in [-0.2, 0) is 11.3 Å². The van der Waals surface area contributed by atoms with Crippen molar-refractivity contribution >= 4 is 39.9 Å². The summed E-state index contributed by atoms with van der Waals surface area (Å²) in [5.74, 6) is 0.149. The highest BCUT2D eigenvalue weighted by molar-refractivity contribution is 7.18. The first-order valence-corrected chi connectivity index (χ1v) is 10.2. The Morgan fingerprint density at radius 1 is 1.30 bits per heavy atom. The highest BCUT2D eigenvalue weighted by Gasteiger charge is 2.37. The van der Waals surface area contributed by atoms with Crippen LogP contribution in [0.2, 0.25) is 0 Å². The van der Waals surface area contributed by atoms with Gasteiger partial charge in [-0.1, -0.05) is 0 Å². The highest BCUT2D eigenvalue weighted by atomic mass is 35.5. The molecule has 1 spiro atoms. The van der Waals surface area contributed by atoms with E-state index >= 15 is 0 Å². The van der Waals surface area contributed by atoms with Crippen LogP contribution in [0, 0.1) is 19.3 Å². The summed E-state index contributed by atoms with van der Waals surface area (Å²) in [4.78, 5) is 33.6. The van der Waals surface area contributed by atoms with Gasteiger partial charge < -0.3 is 10.2 Å². The molecule has 27 heavy (non-hydrogen) atoms. The number of aromatic nitrogens is 2. The zero-order valence-corrected chi connectivity index (χ0v) is 17.5. The van der Waals surface area contributed by atoms with E-state index < -0.39 is 0 Å². The second-order valence-corrected chi connectivity index (χ2v) is 8.97. The number of halogens is 1. The van der Waals surface area contributed by atoms with Crippen LogP contribution < -0.4 is 10.9 Å². The van der Waals surface area contributed by atoms with Gasteiger partial charge in [-0.25, -0.2) is 4.98 Å². The largest absolute Gasteiger partial charge is 0.343 e. The molecule has 2 fully saturated rings. The zero-order valence-electron chi connectivity index (χ0n) is 15.9. The lowest BCUT2D eigenvalue weighted by molar-refractivity contribution is -0.133. The first-order valence-electron chi connectivity index (χ1n) is 9.43. The van der Waals surface area contributed by atoms with Gasteiger partial charge in [0.05, 0.1) is 11.7 Å². The van der Waals surface area contributed by atoms with E-state index in [1.807, 2.05) is 18.7 Å². The van der Waals surface area contributed by atoms with Crippen LogP contribution in [0.5, 0.6) is 0 Å². The molecule has 6 nitrogen and oxygen atoms in total. The Balaban J connectivity index is 0.00000210. The number of amides is 1. The zero-order chi connectivity index (χ0) is 18.3. The minimum absolute atomic E-state index is 0. The quantitative estimate of drug-likeness (QED) is 0.844. The summed E-state index contributed by atoms with van der Waals surface area (Å²) < 4.78 is 1.59. The Morgan fingerprint density at radius 2 is 2.04 bits per heavy atom. The van der Waals surface area contributed by atoms with Crippen LogP contribution in [0.1, 0.15) is 36.1 Å². The minimum atomic E-state index is -0.0284. The molecule has 4 rings (SSSR count). The average Bonchev–Trinajstić information content (AvgIpc) is 3.20. The Morgan fingerprint density at radius 3 is 2.70 bits per heavy atom. The van der Waals surface area contributed by atoms with E-state index in [4.69, 9.17) is 0 Å². The summed E-state index contributed by atoms with van der Waals surface area (Å²) in [6, 6.07) is 0. The first-order chi connectivity index (χ1) is 12.5. The molecular formula is C19H27ClN4O2S. The third kappa shape index (κ3) is 3.77. The molecule has 0 aromatic carbocycles. The summed E-state index contributed by atoms with van der Waals surface area (Å²) in [6.07, 6.45) is 5.36. The fraction of sp³-hybridized carbons (Fsp3) is 0.632. The standard InChI is InChI=1S/C19H26N4O2S.ClH/c1-13-14(2)26-17-16(13)18(25)23(12-21-17)8-3-15(24)22-9-5-19(6-10-22)4-7-20-11-19;/h12,20H,3-11H2,1-2H3;1H. The van der Waals surface area contributed by atoms with Gasteiger partial charge in [-0.15, -0.1) is 23.7 Å². The number of likely N-dealkylation sites (tertiary alicyclic amines) is 1. The maximum atomic E-state index is 12.7. The first kappa shape index (κ1) is 20.3. The molecular weight excluding hydrogens is 384 g/mol. The third-order valence-electron chi connectivity index (χ3n) is 6.23. The van der Waals surface area contributed by atoms with Crippen molar-refractivity contribution in [2.45, 2.75) is 46.1 Å². The summed E-state index contributed by atoms with van der Waals surface area (Å²) >= 11 is 1.55. The van der Waals surface area contributed by atoms with Crippen molar-refractivity contribution in [3.8, 4) is 0 Å². The van der Waals surface area contributed by atoms with E-state index in [9.17, 15) is 9.59 Å². The molecule has 0 atom stereocenters. The van der Waals surface area contributed by atoms with Crippen molar-refractivity contribution in [3.05, 3.63) is 27.1 Å². The van der Waals surface area contributed by atoms with Crippen molar-refractivity contribution in [2.75, 3.05) is 26.2 Å². The number of fused-ring (bicyclic) bond motifs is 1. The van der Waals surface area contributed by atoms with Gasteiger partial charge in [0.2, 0.25) is 5.91 Å². The van der Waals surface area contributed by atoms with Gasteiger partial charge in [0, 0.05) is 37.5 Å². The van der Waals surface area contributed by atoms with Crippen molar-refractivity contribution in [1.82, 2.24) is 19.8 Å². The van der Waals surface area contributed by atoms with Crippen molar-refractivity contribution < 1.29 is 4.79 Å². The predicted octanol–water partition coefficient (Wildman–Crippen LogP) is 2.49. The van der Waals surface area contributed by atoms with E-state index in [2.05, 4.69) is 10.3 Å². The van der Waals surface area contributed by atoms with Gasteiger partial charge in [-0.2, -0.15) is 0 Å². The molecule has 8 heteroatoms. The van der Waals surface area contributed by atoms with Crippen LogP contribution in [0.15, 0.2) is 11.1 Å². The second kappa shape index (κ2) is 7.89. The highest BCUT2D eigenvalue weighted by Crippen LogP contribution is 2.37. The summed E-state index contributed by atoms with van der Waals surface area (Å²) in [7, 11) is 0. The maximum Gasteiger partial charge on any atom is 0.262 e. The Labute approximate surface area is 169 Å². The minimum Gasteiger partial charge on any atom is -0.343 e. The maximum absolute atomic E-state index is 12.7. The average molecular weight is 411 g/mol. The molecule has 2 aliphatic heterocycles. The fourth-order valence-corrected chi connectivity index (χ4v) is 5.24. The molecule has 4 heterocycles. The van der Waals surface area contributed by atoms with E-state index in [0.717, 1.165) is 54.3 Å². The van der Waals surface area contributed by atoms with Crippen LogP contribution in [0.3, 0.4) is 0 Å². The number of hydrogen-bond acceptors (Lipinski definition) is 5. The van der Waals surface area contributed by atoms with E-state index in [-0.39, 0.29) is 23.9 Å². The number of carbonyl (C=O) groups excluding carboxylic acids is 1. The normalized spacial score (nSPS) is 18.8. The second-order valence-electron chi connectivity index (χ2n) is 7.76. The number of carbonyl (C=O) groups is 1. The molecule has 0 bridgehead atoms. The molecule has 2 aromatic rings. The number of hydrogen-bond donors (Lipinski definition) is 1. The van der Waals surface area contributed by atoms with Gasteiger partial charge in [-0.05, 0) is 50.6 Å². The molecule has 1 amide bonds. The van der Waals surface area contributed by atoms with E-state index in [0.29, 0.717) is 23.8 Å². The topological polar surface area (TPSA) is 67.2 Å². The van der Waals surface area contributed by atoms with Crippen LogP contribution in [0.4, 0.5) is 0 Å². The number of rotatable bonds is 3. The number of nitrogens with one attached hydrogen (secondary N) is 1. The number of thiophene rings is 1. The smallest absolute Gasteiger partial charge is 0.262 e. The van der Waals surface area contributed by atoms with Gasteiger partial charge >= 0.3 is 0 Å². The molecule has 148 valence electrons. The lowest BCUT2D eigenvalue weighted by Crippen LogP contribution is -2.44. The van der Waals surface area contributed by atoms with E-state index in [1.165, 1.54) is 6.42 Å². The van der Waals surface area contributed by atoms with Crippen LogP contribution >= 0.6 is 23.7 Å². The molecule has 2 aliphatic rings. The number of nitrogens with zero attached hydrogens (tertiary/aromatic N) is 3. The third-order valence-corrected chi connectivity index (χ3v) is 7.35. The monoisotopic (exact) mass is 410 g/mol. The number of aryl methyl sites for hydroxylation is 3. The van der Waals surface area contributed by atoms with Gasteiger partial charge in [-0.3, -0.25) is 14.2 Å². The Kier molecular flexibility index (Phi) is 5.93. The number of piperidine rings is 1. The lowest BCUT2D eigenvalue weighted by atomic mass is 9.78. The Bertz CT molecular complexity index is 891. The van der Waals surface area contributed by atoms with Gasteiger partial charge in [0.15, 0.2) is 0 Å². The summed E-state index contributed by atoms with van der Waals surface area (Å²) in [5.41, 5.74) is 1.39. The molecule has 0 aliphatic carbocycles. The molecule has 1 N–H and O–H groups in total. The SMILES string of the molecule is Cc1sc2ncn(CCC(=O)N3CCC4(CCNC4)CC3)c(=O)c2c1C.Cl. The molecule has 2 aromatic heterocycles. The fourth-order valence-electron chi connectivity index (χ4n) is 4.26. The van der Waals surface area contributed by atoms with E-state index in [1.54, 1.807) is 22.2 Å². The Hall–Kier alpha value is -1.44. The summed E-state index contributed by atoms with van der Waals surface area (Å²) in [6.45, 7) is 8.26. The molecule has 0 radical (unpaired) electrons. The van der Waals surface area contributed by atoms with Crippen molar-refractivity contribution in [1.29, 1.82) is 0 Å². The molecule has 2 saturated heterocycles. The van der Waals surface area contributed by atoms with Crippen LogP contribution in [-0.4, -0.2) is 46.5 Å². The molecule has 0 unspecified atom stereocenters. The summed E-state index contributed by atoms with van der Waals surface area (Å²) in [5, 5.41) is 4.16. The van der Waals surface area contributed by atoms with Gasteiger partial charge in [0.1, 0.15) is 4.83 Å². The van der Waals surface area contributed by atoms with Crippen LogP contribution in [0.25, 0.3) is 10.2 Å². The molecule has 0 saturated carbocycles.